The lowest BCUT2D eigenvalue weighted by Gasteiger charge is -2.31. The van der Waals surface area contributed by atoms with Gasteiger partial charge in [0.25, 0.3) is 17.4 Å². The SMILES string of the molecule is O=C(C(=O)N1CCC(c2ccccc2)CC1)c1cccc([N+](=O)[O-])c1. The largest absolute Gasteiger partial charge is 0.336 e. The minimum absolute atomic E-state index is 0.0596. The van der Waals surface area contributed by atoms with Crippen LogP contribution in [0.2, 0.25) is 0 Å². The summed E-state index contributed by atoms with van der Waals surface area (Å²) < 4.78 is 0. The first-order valence-corrected chi connectivity index (χ1v) is 8.19. The molecule has 3 rings (SSSR count). The molecular weight excluding hydrogens is 320 g/mol. The number of hydrogen-bond acceptors (Lipinski definition) is 4. The number of benzene rings is 2. The highest BCUT2D eigenvalue weighted by Crippen LogP contribution is 2.28. The number of amides is 1. The van der Waals surface area contributed by atoms with Gasteiger partial charge in [0.1, 0.15) is 0 Å². The van der Waals surface area contributed by atoms with Crippen molar-refractivity contribution < 1.29 is 14.5 Å². The number of Topliss-reactive ketones (excluding diaryl/α,β-unsaturated/α-hetero) is 1. The summed E-state index contributed by atoms with van der Waals surface area (Å²) in [4.78, 5) is 36.6. The van der Waals surface area contributed by atoms with Crippen LogP contribution in [0.15, 0.2) is 54.6 Å². The number of carbonyl (C=O) groups excluding carboxylic acids is 2. The Morgan fingerprint density at radius 2 is 1.68 bits per heavy atom. The summed E-state index contributed by atoms with van der Waals surface area (Å²) in [6.07, 6.45) is 1.61. The minimum Gasteiger partial charge on any atom is -0.336 e. The van der Waals surface area contributed by atoms with E-state index in [4.69, 9.17) is 0 Å². The van der Waals surface area contributed by atoms with Crippen molar-refractivity contribution in [2.45, 2.75) is 18.8 Å². The van der Waals surface area contributed by atoms with Crippen LogP contribution in [-0.4, -0.2) is 34.6 Å². The third-order valence-electron chi connectivity index (χ3n) is 4.57. The molecule has 0 N–H and O–H groups in total. The van der Waals surface area contributed by atoms with Crippen LogP contribution in [0.25, 0.3) is 0 Å². The lowest BCUT2D eigenvalue weighted by Crippen LogP contribution is -2.41. The van der Waals surface area contributed by atoms with Gasteiger partial charge in [-0.05, 0) is 24.3 Å². The quantitative estimate of drug-likeness (QED) is 0.371. The van der Waals surface area contributed by atoms with E-state index in [1.807, 2.05) is 18.2 Å². The maximum Gasteiger partial charge on any atom is 0.294 e. The number of nitrogens with zero attached hydrogens (tertiary/aromatic N) is 2. The molecule has 0 saturated carbocycles. The Kier molecular flexibility index (Phi) is 4.88. The van der Waals surface area contributed by atoms with Gasteiger partial charge in [0.05, 0.1) is 4.92 Å². The molecule has 6 nitrogen and oxygen atoms in total. The number of non-ortho nitro benzene ring substituents is 1. The molecule has 6 heteroatoms. The van der Waals surface area contributed by atoms with E-state index in [-0.39, 0.29) is 11.3 Å². The first kappa shape index (κ1) is 16.8. The van der Waals surface area contributed by atoms with E-state index in [2.05, 4.69) is 12.1 Å². The maximum atomic E-state index is 12.4. The molecule has 0 spiro atoms. The van der Waals surface area contributed by atoms with Crippen LogP contribution >= 0.6 is 0 Å². The number of piperidine rings is 1. The van der Waals surface area contributed by atoms with Crippen molar-refractivity contribution in [1.29, 1.82) is 0 Å². The van der Waals surface area contributed by atoms with Crippen molar-refractivity contribution in [2.75, 3.05) is 13.1 Å². The van der Waals surface area contributed by atoms with Gasteiger partial charge in [0.15, 0.2) is 0 Å². The molecule has 0 atom stereocenters. The number of carbonyl (C=O) groups is 2. The molecule has 2 aromatic rings. The molecule has 0 aliphatic carbocycles. The monoisotopic (exact) mass is 338 g/mol. The molecule has 1 amide bonds. The summed E-state index contributed by atoms with van der Waals surface area (Å²) in [5.41, 5.74) is 1.12. The Balaban J connectivity index is 1.65. The van der Waals surface area contributed by atoms with E-state index >= 15 is 0 Å². The predicted octanol–water partition coefficient (Wildman–Crippen LogP) is 3.18. The van der Waals surface area contributed by atoms with Gasteiger partial charge in [0.2, 0.25) is 0 Å². The molecule has 1 fully saturated rings. The maximum absolute atomic E-state index is 12.4. The predicted molar refractivity (Wildman–Crippen MR) is 92.4 cm³/mol. The fourth-order valence-electron chi connectivity index (χ4n) is 3.17. The summed E-state index contributed by atoms with van der Waals surface area (Å²) in [5, 5.41) is 10.8. The van der Waals surface area contributed by atoms with Crippen LogP contribution < -0.4 is 0 Å². The highest BCUT2D eigenvalue weighted by atomic mass is 16.6. The summed E-state index contributed by atoms with van der Waals surface area (Å²) in [6.45, 7) is 1.03. The van der Waals surface area contributed by atoms with Gasteiger partial charge in [-0.2, -0.15) is 0 Å². The molecule has 0 aromatic heterocycles. The molecule has 1 saturated heterocycles. The van der Waals surface area contributed by atoms with Gasteiger partial charge < -0.3 is 4.90 Å². The second-order valence-corrected chi connectivity index (χ2v) is 6.11. The first-order valence-electron chi connectivity index (χ1n) is 8.19. The number of likely N-dealkylation sites (tertiary alicyclic amines) is 1. The normalized spacial score (nSPS) is 15.0. The van der Waals surface area contributed by atoms with Crippen molar-refractivity contribution in [2.24, 2.45) is 0 Å². The van der Waals surface area contributed by atoms with Crippen LogP contribution in [0.5, 0.6) is 0 Å². The van der Waals surface area contributed by atoms with Gasteiger partial charge in [0, 0.05) is 30.8 Å². The number of hydrogen-bond donors (Lipinski definition) is 0. The number of ketones is 1. The van der Waals surface area contributed by atoms with Gasteiger partial charge in [-0.15, -0.1) is 0 Å². The van der Waals surface area contributed by atoms with E-state index in [9.17, 15) is 19.7 Å². The third-order valence-corrected chi connectivity index (χ3v) is 4.57. The Morgan fingerprint density at radius 3 is 2.32 bits per heavy atom. The Labute approximate surface area is 145 Å². The third kappa shape index (κ3) is 3.74. The summed E-state index contributed by atoms with van der Waals surface area (Å²) in [7, 11) is 0. The van der Waals surface area contributed by atoms with E-state index < -0.39 is 16.6 Å². The second kappa shape index (κ2) is 7.25. The fourth-order valence-corrected chi connectivity index (χ4v) is 3.17. The molecule has 128 valence electrons. The minimum atomic E-state index is -0.693. The molecule has 0 radical (unpaired) electrons. The molecule has 2 aromatic carbocycles. The van der Waals surface area contributed by atoms with Crippen molar-refractivity contribution in [3.63, 3.8) is 0 Å². The van der Waals surface area contributed by atoms with Crippen molar-refractivity contribution in [1.82, 2.24) is 4.90 Å². The van der Waals surface area contributed by atoms with Crippen molar-refractivity contribution in [3.8, 4) is 0 Å². The zero-order valence-electron chi connectivity index (χ0n) is 13.6. The van der Waals surface area contributed by atoms with E-state index in [1.165, 1.54) is 23.8 Å². The molecule has 1 heterocycles. The number of nitro groups is 1. The van der Waals surface area contributed by atoms with E-state index in [0.717, 1.165) is 18.9 Å². The van der Waals surface area contributed by atoms with E-state index in [1.54, 1.807) is 4.90 Å². The van der Waals surface area contributed by atoms with Crippen LogP contribution in [0.3, 0.4) is 0 Å². The molecule has 0 unspecified atom stereocenters. The average molecular weight is 338 g/mol. The fraction of sp³-hybridized carbons (Fsp3) is 0.263. The van der Waals surface area contributed by atoms with Gasteiger partial charge in [-0.1, -0.05) is 42.5 Å². The highest BCUT2D eigenvalue weighted by Gasteiger charge is 2.28. The van der Waals surface area contributed by atoms with Gasteiger partial charge in [-0.25, -0.2) is 0 Å². The summed E-state index contributed by atoms with van der Waals surface area (Å²) >= 11 is 0. The molecule has 0 bridgehead atoms. The number of rotatable bonds is 4. The summed E-state index contributed by atoms with van der Waals surface area (Å²) in [6, 6.07) is 15.4. The molecule has 1 aliphatic heterocycles. The van der Waals surface area contributed by atoms with Crippen LogP contribution in [0, 0.1) is 10.1 Å². The van der Waals surface area contributed by atoms with Gasteiger partial charge >= 0.3 is 0 Å². The molecule has 1 aliphatic rings. The van der Waals surface area contributed by atoms with Crippen LogP contribution in [-0.2, 0) is 4.79 Å². The van der Waals surface area contributed by atoms with Gasteiger partial charge in [-0.3, -0.25) is 19.7 Å². The first-order chi connectivity index (χ1) is 12.1. The van der Waals surface area contributed by atoms with E-state index in [0.29, 0.717) is 19.0 Å². The zero-order chi connectivity index (χ0) is 17.8. The second-order valence-electron chi connectivity index (χ2n) is 6.11. The van der Waals surface area contributed by atoms with Crippen molar-refractivity contribution in [3.05, 3.63) is 75.8 Å². The smallest absolute Gasteiger partial charge is 0.294 e. The Morgan fingerprint density at radius 1 is 1.00 bits per heavy atom. The highest BCUT2D eigenvalue weighted by molar-refractivity contribution is 6.42. The van der Waals surface area contributed by atoms with Crippen LogP contribution in [0.1, 0.15) is 34.7 Å². The van der Waals surface area contributed by atoms with Crippen molar-refractivity contribution >= 4 is 17.4 Å². The molecular formula is C19H18N2O4. The topological polar surface area (TPSA) is 80.5 Å². The Bertz CT molecular complexity index is 796. The van der Waals surface area contributed by atoms with Crippen LogP contribution in [0.4, 0.5) is 5.69 Å². The zero-order valence-corrected chi connectivity index (χ0v) is 13.6. The lowest BCUT2D eigenvalue weighted by molar-refractivity contribution is -0.384. The lowest BCUT2D eigenvalue weighted by atomic mass is 9.89. The Hall–Kier alpha value is -3.02. The average Bonchev–Trinajstić information content (AvgIpc) is 2.67. The summed E-state index contributed by atoms with van der Waals surface area (Å²) in [5.74, 6) is -0.896. The molecule has 25 heavy (non-hydrogen) atoms. The number of nitro benzene ring substituents is 1. The standard InChI is InChI=1S/C19H18N2O4/c22-18(16-7-4-8-17(13-16)21(24)25)19(23)20-11-9-15(10-12-20)14-5-2-1-3-6-14/h1-8,13,15H,9-12H2.